The number of rotatable bonds is 10. The lowest BCUT2D eigenvalue weighted by molar-refractivity contribution is 0.588. The smallest absolute Gasteiger partial charge is 0.129 e. The number of nitrogens with zero attached hydrogens (tertiary/aromatic N) is 2. The summed E-state index contributed by atoms with van der Waals surface area (Å²) in [4.78, 5) is 7.41. The molecule has 0 aliphatic rings. The maximum Gasteiger partial charge on any atom is 0.129 e. The Labute approximate surface area is 131 Å². The molecule has 0 amide bonds. The van der Waals surface area contributed by atoms with Crippen LogP contribution in [-0.2, 0) is 13.0 Å². The summed E-state index contributed by atoms with van der Waals surface area (Å²) in [6.45, 7) is 11.1. The van der Waals surface area contributed by atoms with Gasteiger partial charge in [-0.05, 0) is 50.9 Å². The first-order valence-electron chi connectivity index (χ1n) is 8.57. The monoisotopic (exact) mass is 291 g/mol. The van der Waals surface area contributed by atoms with E-state index in [2.05, 4.69) is 50.0 Å². The van der Waals surface area contributed by atoms with E-state index in [4.69, 9.17) is 4.98 Å². The largest absolute Gasteiger partial charge is 0.354 e. The van der Waals surface area contributed by atoms with Crippen molar-refractivity contribution in [1.82, 2.24) is 10.3 Å². The molecule has 21 heavy (non-hydrogen) atoms. The SMILES string of the molecule is CCCCN(c1cc(CNC)cc(CCC)n1)C(C)CC. The van der Waals surface area contributed by atoms with E-state index < -0.39 is 0 Å². The summed E-state index contributed by atoms with van der Waals surface area (Å²) < 4.78 is 0. The number of aromatic nitrogens is 1. The summed E-state index contributed by atoms with van der Waals surface area (Å²) in [7, 11) is 2.00. The van der Waals surface area contributed by atoms with Crippen molar-refractivity contribution in [2.45, 2.75) is 72.4 Å². The highest BCUT2D eigenvalue weighted by Gasteiger charge is 2.15. The van der Waals surface area contributed by atoms with Gasteiger partial charge in [-0.15, -0.1) is 0 Å². The molecule has 1 unspecified atom stereocenters. The Bertz CT molecular complexity index is 379. The second kappa shape index (κ2) is 9.78. The molecule has 0 spiro atoms. The van der Waals surface area contributed by atoms with Crippen molar-refractivity contribution in [3.05, 3.63) is 23.4 Å². The van der Waals surface area contributed by atoms with Crippen molar-refractivity contribution in [3.63, 3.8) is 0 Å². The molecule has 0 aliphatic heterocycles. The van der Waals surface area contributed by atoms with Gasteiger partial charge in [-0.25, -0.2) is 4.98 Å². The van der Waals surface area contributed by atoms with Gasteiger partial charge in [-0.1, -0.05) is 33.6 Å². The maximum atomic E-state index is 4.93. The van der Waals surface area contributed by atoms with Crippen LogP contribution in [-0.4, -0.2) is 24.6 Å². The average Bonchev–Trinajstić information content (AvgIpc) is 2.48. The molecule has 1 N–H and O–H groups in total. The zero-order chi connectivity index (χ0) is 15.7. The molecule has 0 fully saturated rings. The van der Waals surface area contributed by atoms with Gasteiger partial charge in [0.05, 0.1) is 0 Å². The highest BCUT2D eigenvalue weighted by molar-refractivity contribution is 5.44. The minimum absolute atomic E-state index is 0.545. The normalized spacial score (nSPS) is 12.4. The molecule has 1 rings (SSSR count). The first-order chi connectivity index (χ1) is 10.2. The van der Waals surface area contributed by atoms with Crippen LogP contribution >= 0.6 is 0 Å². The number of aryl methyl sites for hydroxylation is 1. The number of anilines is 1. The van der Waals surface area contributed by atoms with Gasteiger partial charge in [0, 0.05) is 24.8 Å². The molecule has 0 radical (unpaired) electrons. The van der Waals surface area contributed by atoms with Crippen LogP contribution in [0.3, 0.4) is 0 Å². The Kier molecular flexibility index (Phi) is 8.36. The molecule has 1 atom stereocenters. The Morgan fingerprint density at radius 2 is 1.95 bits per heavy atom. The fourth-order valence-electron chi connectivity index (χ4n) is 2.58. The zero-order valence-corrected chi connectivity index (χ0v) is 14.6. The number of hydrogen-bond acceptors (Lipinski definition) is 3. The van der Waals surface area contributed by atoms with Gasteiger partial charge >= 0.3 is 0 Å². The maximum absolute atomic E-state index is 4.93. The Hall–Kier alpha value is -1.09. The van der Waals surface area contributed by atoms with Crippen molar-refractivity contribution in [1.29, 1.82) is 0 Å². The van der Waals surface area contributed by atoms with Crippen LogP contribution in [0, 0.1) is 0 Å². The van der Waals surface area contributed by atoms with E-state index >= 15 is 0 Å². The topological polar surface area (TPSA) is 28.2 Å². The van der Waals surface area contributed by atoms with E-state index in [9.17, 15) is 0 Å². The van der Waals surface area contributed by atoms with E-state index in [1.165, 1.54) is 24.1 Å². The van der Waals surface area contributed by atoms with Crippen LogP contribution in [0.25, 0.3) is 0 Å². The molecule has 0 saturated heterocycles. The van der Waals surface area contributed by atoms with E-state index in [1.807, 2.05) is 7.05 Å². The molecule has 1 aromatic rings. The lowest BCUT2D eigenvalue weighted by Crippen LogP contribution is -2.34. The quantitative estimate of drug-likeness (QED) is 0.701. The minimum Gasteiger partial charge on any atom is -0.354 e. The third-order valence-corrected chi connectivity index (χ3v) is 3.98. The Balaban J connectivity index is 3.08. The highest BCUT2D eigenvalue weighted by atomic mass is 15.2. The average molecular weight is 291 g/mol. The zero-order valence-electron chi connectivity index (χ0n) is 14.6. The Morgan fingerprint density at radius 3 is 2.52 bits per heavy atom. The van der Waals surface area contributed by atoms with E-state index in [0.717, 1.165) is 38.2 Å². The van der Waals surface area contributed by atoms with Crippen molar-refractivity contribution >= 4 is 5.82 Å². The van der Waals surface area contributed by atoms with Gasteiger partial charge < -0.3 is 10.2 Å². The molecular formula is C18H33N3. The van der Waals surface area contributed by atoms with Crippen LogP contribution < -0.4 is 10.2 Å². The first-order valence-corrected chi connectivity index (χ1v) is 8.57. The minimum atomic E-state index is 0.545. The molecular weight excluding hydrogens is 258 g/mol. The molecule has 3 heteroatoms. The Morgan fingerprint density at radius 1 is 1.19 bits per heavy atom. The molecule has 0 bridgehead atoms. The lowest BCUT2D eigenvalue weighted by atomic mass is 10.1. The number of hydrogen-bond donors (Lipinski definition) is 1. The number of unbranched alkanes of at least 4 members (excludes halogenated alkanes) is 1. The van der Waals surface area contributed by atoms with E-state index in [-0.39, 0.29) is 0 Å². The van der Waals surface area contributed by atoms with E-state index in [1.54, 1.807) is 0 Å². The van der Waals surface area contributed by atoms with Crippen molar-refractivity contribution in [2.75, 3.05) is 18.5 Å². The first kappa shape index (κ1) is 18.0. The second-order valence-electron chi connectivity index (χ2n) is 5.91. The third kappa shape index (κ3) is 5.66. The molecule has 120 valence electrons. The van der Waals surface area contributed by atoms with Crippen LogP contribution in [0.15, 0.2) is 12.1 Å². The predicted octanol–water partition coefficient (Wildman–Crippen LogP) is 4.16. The summed E-state index contributed by atoms with van der Waals surface area (Å²) in [5.41, 5.74) is 2.57. The third-order valence-electron chi connectivity index (χ3n) is 3.98. The van der Waals surface area contributed by atoms with Crippen LogP contribution in [0.4, 0.5) is 5.82 Å². The van der Waals surface area contributed by atoms with Gasteiger partial charge in [0.15, 0.2) is 0 Å². The summed E-state index contributed by atoms with van der Waals surface area (Å²) in [5.74, 6) is 1.16. The van der Waals surface area contributed by atoms with Crippen molar-refractivity contribution < 1.29 is 0 Å². The van der Waals surface area contributed by atoms with Crippen molar-refractivity contribution in [3.8, 4) is 0 Å². The lowest BCUT2D eigenvalue weighted by Gasteiger charge is -2.30. The summed E-state index contributed by atoms with van der Waals surface area (Å²) in [6, 6.07) is 5.05. The molecule has 3 nitrogen and oxygen atoms in total. The van der Waals surface area contributed by atoms with E-state index in [0.29, 0.717) is 6.04 Å². The molecule has 0 aromatic carbocycles. The van der Waals surface area contributed by atoms with Gasteiger partial charge in [0.1, 0.15) is 5.82 Å². The molecule has 1 heterocycles. The predicted molar refractivity (Wildman–Crippen MR) is 93.0 cm³/mol. The van der Waals surface area contributed by atoms with Crippen molar-refractivity contribution in [2.24, 2.45) is 0 Å². The molecule has 0 saturated carbocycles. The molecule has 0 aliphatic carbocycles. The van der Waals surface area contributed by atoms with Gasteiger partial charge in [-0.2, -0.15) is 0 Å². The van der Waals surface area contributed by atoms with Gasteiger partial charge in [-0.3, -0.25) is 0 Å². The number of pyridine rings is 1. The fourth-order valence-corrected chi connectivity index (χ4v) is 2.58. The van der Waals surface area contributed by atoms with Gasteiger partial charge in [0.25, 0.3) is 0 Å². The van der Waals surface area contributed by atoms with Gasteiger partial charge in [0.2, 0.25) is 0 Å². The molecule has 1 aromatic heterocycles. The van der Waals surface area contributed by atoms with Crippen LogP contribution in [0.2, 0.25) is 0 Å². The fraction of sp³-hybridized carbons (Fsp3) is 0.722. The van der Waals surface area contributed by atoms with Crippen LogP contribution in [0.1, 0.15) is 64.6 Å². The summed E-state index contributed by atoms with van der Waals surface area (Å²) in [5, 5.41) is 3.26. The van der Waals surface area contributed by atoms with Crippen LogP contribution in [0.5, 0.6) is 0 Å². The highest BCUT2D eigenvalue weighted by Crippen LogP contribution is 2.20. The standard InChI is InChI=1S/C18H33N3/c1-6-9-11-21(15(4)8-3)18-13-16(14-19-5)12-17(20-18)10-7-2/h12-13,15,19H,6-11,14H2,1-5H3. The summed E-state index contributed by atoms with van der Waals surface area (Å²) in [6.07, 6.45) is 5.82. The summed E-state index contributed by atoms with van der Waals surface area (Å²) >= 11 is 0. The number of nitrogens with one attached hydrogen (secondary N) is 1. The second-order valence-corrected chi connectivity index (χ2v) is 5.91.